The number of nitrogens with zero attached hydrogens (tertiary/aromatic N) is 1. The molecule has 0 radical (unpaired) electrons. The molecule has 1 saturated heterocycles. The van der Waals surface area contributed by atoms with Crippen LogP contribution >= 0.6 is 0 Å². The summed E-state index contributed by atoms with van der Waals surface area (Å²) in [6.45, 7) is 4.56. The number of nitrogens with one attached hydrogen (secondary N) is 1. The van der Waals surface area contributed by atoms with Crippen LogP contribution < -0.4 is 5.32 Å². The second-order valence-electron chi connectivity index (χ2n) is 8.95. The number of methoxy groups -OCH3 is 1. The number of hydrogen-bond acceptors (Lipinski definition) is 3. The highest BCUT2D eigenvalue weighted by Crippen LogP contribution is 2.59. The van der Waals surface area contributed by atoms with Gasteiger partial charge in [0, 0.05) is 24.5 Å². The third kappa shape index (κ3) is 3.57. The number of ether oxygens (including phenoxy) is 1. The second-order valence-corrected chi connectivity index (χ2v) is 8.95. The Morgan fingerprint density at radius 1 is 1.21 bits per heavy atom. The monoisotopic (exact) mass is 410 g/mol. The molecule has 5 nitrogen and oxygen atoms in total. The molecule has 0 aromatic heterocycles. The Morgan fingerprint density at radius 3 is 2.38 bits per heavy atom. The van der Waals surface area contributed by atoms with E-state index in [-0.39, 0.29) is 35.1 Å². The zero-order valence-corrected chi connectivity index (χ0v) is 16.7. The molecule has 4 rings (SSSR count). The lowest BCUT2D eigenvalue weighted by atomic mass is 9.69. The number of hydrogen-bond donors (Lipinski definition) is 1. The van der Waals surface area contributed by atoms with Gasteiger partial charge in [-0.3, -0.25) is 4.79 Å². The van der Waals surface area contributed by atoms with E-state index in [9.17, 15) is 22.8 Å². The van der Waals surface area contributed by atoms with Crippen LogP contribution in [0.1, 0.15) is 42.4 Å². The summed E-state index contributed by atoms with van der Waals surface area (Å²) in [5.41, 5.74) is -0.0325. The van der Waals surface area contributed by atoms with Crippen molar-refractivity contribution in [2.45, 2.75) is 44.3 Å². The predicted octanol–water partition coefficient (Wildman–Crippen LogP) is 3.71. The van der Waals surface area contributed by atoms with E-state index < -0.39 is 23.4 Å². The molecule has 3 aliphatic rings. The number of benzene rings is 1. The van der Waals surface area contributed by atoms with Gasteiger partial charge >= 0.3 is 12.3 Å². The Bertz CT molecular complexity index is 836. The summed E-state index contributed by atoms with van der Waals surface area (Å²) in [7, 11) is 1.30. The van der Waals surface area contributed by atoms with E-state index in [4.69, 9.17) is 0 Å². The molecule has 2 saturated carbocycles. The van der Waals surface area contributed by atoms with Crippen LogP contribution in [0.4, 0.5) is 18.0 Å². The van der Waals surface area contributed by atoms with Crippen LogP contribution in [0.3, 0.4) is 0 Å². The fourth-order valence-corrected chi connectivity index (χ4v) is 5.21. The maximum atomic E-state index is 13.2. The zero-order chi connectivity index (χ0) is 21.1. The van der Waals surface area contributed by atoms with Gasteiger partial charge < -0.3 is 15.0 Å². The van der Waals surface area contributed by atoms with E-state index in [0.717, 1.165) is 5.56 Å². The smallest absolute Gasteiger partial charge is 0.416 e. The van der Waals surface area contributed by atoms with E-state index >= 15 is 0 Å². The molecule has 1 heterocycles. The van der Waals surface area contributed by atoms with Crippen LogP contribution in [0.15, 0.2) is 18.2 Å². The fraction of sp³-hybridized carbons (Fsp3) is 0.619. The first kappa shape index (κ1) is 20.0. The summed E-state index contributed by atoms with van der Waals surface area (Å²) in [5.74, 6) is 0.544. The van der Waals surface area contributed by atoms with Gasteiger partial charge in [-0.15, -0.1) is 0 Å². The number of amides is 2. The van der Waals surface area contributed by atoms with E-state index in [0.29, 0.717) is 25.9 Å². The van der Waals surface area contributed by atoms with Crippen molar-refractivity contribution in [1.29, 1.82) is 0 Å². The van der Waals surface area contributed by atoms with Crippen molar-refractivity contribution in [1.82, 2.24) is 10.2 Å². The SMILES string of the molecule is COC(=O)N[C@]1(C)C[C@H](C(=O)N2C[C@@H]3[C@H](C2)[C@H]3c2ccc(C)c(C(F)(F)F)c2)C1. The topological polar surface area (TPSA) is 58.6 Å². The van der Waals surface area contributed by atoms with Crippen LogP contribution in [0.5, 0.6) is 0 Å². The van der Waals surface area contributed by atoms with Crippen LogP contribution in [0.25, 0.3) is 0 Å². The van der Waals surface area contributed by atoms with Gasteiger partial charge in [-0.1, -0.05) is 12.1 Å². The van der Waals surface area contributed by atoms with Crippen LogP contribution in [0, 0.1) is 24.7 Å². The number of likely N-dealkylation sites (tertiary alicyclic amines) is 1. The van der Waals surface area contributed by atoms with Gasteiger partial charge in [0.2, 0.25) is 5.91 Å². The maximum Gasteiger partial charge on any atom is 0.416 e. The molecule has 158 valence electrons. The lowest BCUT2D eigenvalue weighted by Crippen LogP contribution is -2.58. The van der Waals surface area contributed by atoms with E-state index in [1.54, 1.807) is 12.1 Å². The summed E-state index contributed by atoms with van der Waals surface area (Å²) in [6.07, 6.45) is -3.70. The molecular weight excluding hydrogens is 385 g/mol. The number of piperidine rings is 1. The standard InChI is InChI=1S/C21H25F3N2O3/c1-11-4-5-12(6-16(11)21(22,23)24)17-14-9-26(10-15(14)17)18(27)13-7-20(2,8-13)25-19(28)29-3/h4-6,13-15,17H,7-10H2,1-3H3,(H,25,28)/t13-,14-,15+,17+,20+. The Hall–Kier alpha value is -2.25. The predicted molar refractivity (Wildman–Crippen MR) is 99.2 cm³/mol. The lowest BCUT2D eigenvalue weighted by molar-refractivity contribution is -0.140. The van der Waals surface area contributed by atoms with Gasteiger partial charge in [-0.2, -0.15) is 13.2 Å². The number of alkyl halides is 3. The third-order valence-corrected chi connectivity index (χ3v) is 6.79. The van der Waals surface area contributed by atoms with E-state index in [1.165, 1.54) is 20.1 Å². The number of carbonyl (C=O) groups is 2. The number of alkyl carbamates (subject to hydrolysis) is 1. The molecule has 0 unspecified atom stereocenters. The van der Waals surface area contributed by atoms with Crippen molar-refractivity contribution in [3.63, 3.8) is 0 Å². The number of aryl methyl sites for hydroxylation is 1. The largest absolute Gasteiger partial charge is 0.453 e. The molecule has 29 heavy (non-hydrogen) atoms. The summed E-state index contributed by atoms with van der Waals surface area (Å²) in [5, 5.41) is 2.76. The minimum absolute atomic E-state index is 0.0833. The van der Waals surface area contributed by atoms with Crippen molar-refractivity contribution >= 4 is 12.0 Å². The van der Waals surface area contributed by atoms with Crippen molar-refractivity contribution in [3.05, 3.63) is 34.9 Å². The van der Waals surface area contributed by atoms with Crippen LogP contribution in [-0.2, 0) is 15.7 Å². The summed E-state index contributed by atoms with van der Waals surface area (Å²) >= 11 is 0. The molecule has 3 atom stereocenters. The highest BCUT2D eigenvalue weighted by Gasteiger charge is 2.58. The molecule has 2 amide bonds. The van der Waals surface area contributed by atoms with Gasteiger partial charge in [-0.25, -0.2) is 4.79 Å². The molecule has 0 bridgehead atoms. The highest BCUT2D eigenvalue weighted by atomic mass is 19.4. The normalized spacial score (nSPS) is 33.0. The average Bonchev–Trinajstić information content (AvgIpc) is 3.11. The molecule has 1 aliphatic heterocycles. The Morgan fingerprint density at radius 2 is 1.83 bits per heavy atom. The molecule has 8 heteroatoms. The number of halogens is 3. The van der Waals surface area contributed by atoms with Crippen molar-refractivity contribution in [3.8, 4) is 0 Å². The van der Waals surface area contributed by atoms with Crippen molar-refractivity contribution < 1.29 is 27.5 Å². The van der Waals surface area contributed by atoms with Gasteiger partial charge in [0.05, 0.1) is 12.7 Å². The molecule has 1 aromatic rings. The fourth-order valence-electron chi connectivity index (χ4n) is 5.21. The van der Waals surface area contributed by atoms with Gasteiger partial charge in [0.1, 0.15) is 0 Å². The van der Waals surface area contributed by atoms with Crippen LogP contribution in [-0.4, -0.2) is 42.6 Å². The van der Waals surface area contributed by atoms with Crippen molar-refractivity contribution in [2.75, 3.05) is 20.2 Å². The van der Waals surface area contributed by atoms with Gasteiger partial charge in [-0.05, 0) is 61.6 Å². The Labute approximate surface area is 167 Å². The van der Waals surface area contributed by atoms with E-state index in [1.807, 2.05) is 11.8 Å². The third-order valence-electron chi connectivity index (χ3n) is 6.79. The minimum Gasteiger partial charge on any atom is -0.453 e. The quantitative estimate of drug-likeness (QED) is 0.827. The van der Waals surface area contributed by atoms with Gasteiger partial charge in [0.15, 0.2) is 0 Å². The van der Waals surface area contributed by atoms with Gasteiger partial charge in [0.25, 0.3) is 0 Å². The maximum absolute atomic E-state index is 13.2. The lowest BCUT2D eigenvalue weighted by Gasteiger charge is -2.45. The first-order chi connectivity index (χ1) is 13.5. The highest BCUT2D eigenvalue weighted by molar-refractivity contribution is 5.81. The average molecular weight is 410 g/mol. The Balaban J connectivity index is 1.33. The Kier molecular flexibility index (Phi) is 4.59. The minimum atomic E-state index is -4.35. The molecular formula is C21H25F3N2O3. The molecule has 0 spiro atoms. The summed E-state index contributed by atoms with van der Waals surface area (Å²) in [4.78, 5) is 26.0. The number of rotatable bonds is 3. The van der Waals surface area contributed by atoms with E-state index in [2.05, 4.69) is 10.1 Å². The summed E-state index contributed by atoms with van der Waals surface area (Å²) in [6, 6.07) is 4.61. The second kappa shape index (κ2) is 6.64. The molecule has 1 aromatic carbocycles. The van der Waals surface area contributed by atoms with Crippen molar-refractivity contribution in [2.24, 2.45) is 17.8 Å². The first-order valence-electron chi connectivity index (χ1n) is 9.85. The zero-order valence-electron chi connectivity index (χ0n) is 16.7. The molecule has 3 fully saturated rings. The molecule has 2 aliphatic carbocycles. The van der Waals surface area contributed by atoms with Crippen LogP contribution in [0.2, 0.25) is 0 Å². The number of fused-ring (bicyclic) bond motifs is 1. The first-order valence-corrected chi connectivity index (χ1v) is 9.85. The number of carbonyl (C=O) groups excluding carboxylic acids is 2. The summed E-state index contributed by atoms with van der Waals surface area (Å²) < 4.78 is 44.2. The molecule has 1 N–H and O–H groups in total.